The van der Waals surface area contributed by atoms with E-state index in [0.29, 0.717) is 12.4 Å². The molecule has 0 fully saturated rings. The van der Waals surface area contributed by atoms with Gasteiger partial charge < -0.3 is 14.5 Å². The van der Waals surface area contributed by atoms with E-state index in [9.17, 15) is 0 Å². The second-order valence-electron chi connectivity index (χ2n) is 21.3. The number of benzene rings is 10. The van der Waals surface area contributed by atoms with Crippen molar-refractivity contribution in [1.82, 2.24) is 9.55 Å². The van der Waals surface area contributed by atoms with E-state index in [-0.39, 0.29) is 11.2 Å². The smallest absolute Gasteiger partial charge is 0.137 e. The van der Waals surface area contributed by atoms with Crippen molar-refractivity contribution in [3.63, 3.8) is 0 Å². The molecule has 2 aromatic heterocycles. The normalized spacial score (nSPS) is 14.7. The fourth-order valence-corrected chi connectivity index (χ4v) is 12.3. The van der Waals surface area contributed by atoms with Crippen LogP contribution in [0.4, 0.5) is 27.1 Å². The molecule has 0 spiro atoms. The standard InChI is InChI=1S/C71H53FN4O/c1-70(2,3)51-40-60(47-20-7-4-8-21-47)69(61(41-51)48-22-9-5-10-23-48)75-46-74(65-32-17-18-33-66(65)75)53-26-19-27-54(44-53)77-55-35-37-59-58-29-14-16-31-64(58)76(67(59)45-55)68-42-50(38-39-73-68)71(49-24-11-6-12-25-49)62-30-15-13-28-56(62)57-36-34-52(72)43-63(57)71/h4-45H,46H2,1-3H3. The van der Waals surface area contributed by atoms with Crippen molar-refractivity contribution in [2.24, 2.45) is 0 Å². The average molecular weight is 997 g/mol. The molecular weight excluding hydrogens is 944 g/mol. The van der Waals surface area contributed by atoms with Crippen LogP contribution in [0.2, 0.25) is 0 Å². The van der Waals surface area contributed by atoms with E-state index in [2.05, 4.69) is 254 Å². The Hall–Kier alpha value is -9.52. The lowest BCUT2D eigenvalue weighted by atomic mass is 9.68. The lowest BCUT2D eigenvalue weighted by Crippen LogP contribution is -2.29. The summed E-state index contributed by atoms with van der Waals surface area (Å²) in [5.74, 6) is 1.91. The second kappa shape index (κ2) is 18.1. The molecule has 0 N–H and O–H groups in total. The Balaban J connectivity index is 0.860. The van der Waals surface area contributed by atoms with Gasteiger partial charge in [-0.1, -0.05) is 178 Å². The van der Waals surface area contributed by atoms with Gasteiger partial charge in [0.2, 0.25) is 0 Å². The highest BCUT2D eigenvalue weighted by Gasteiger charge is 2.46. The Morgan fingerprint density at radius 2 is 1.09 bits per heavy atom. The van der Waals surface area contributed by atoms with Crippen LogP contribution in [0.5, 0.6) is 11.5 Å². The number of anilines is 4. The number of aromatic nitrogens is 2. The van der Waals surface area contributed by atoms with Crippen LogP contribution in [0.15, 0.2) is 255 Å². The molecule has 6 heteroatoms. The van der Waals surface area contributed by atoms with E-state index < -0.39 is 5.41 Å². The van der Waals surface area contributed by atoms with E-state index in [1.807, 2.05) is 24.4 Å². The molecule has 1 unspecified atom stereocenters. The van der Waals surface area contributed by atoms with E-state index in [0.717, 1.165) is 83.8 Å². The summed E-state index contributed by atoms with van der Waals surface area (Å²) in [6, 6.07) is 86.8. The van der Waals surface area contributed by atoms with Gasteiger partial charge in [0.15, 0.2) is 0 Å². The number of ether oxygens (including phenoxy) is 1. The van der Waals surface area contributed by atoms with E-state index in [4.69, 9.17) is 9.72 Å². The first-order valence-electron chi connectivity index (χ1n) is 26.4. The number of fused-ring (bicyclic) bond motifs is 7. The highest BCUT2D eigenvalue weighted by atomic mass is 19.1. The number of hydrogen-bond donors (Lipinski definition) is 0. The largest absolute Gasteiger partial charge is 0.457 e. The Morgan fingerprint density at radius 3 is 1.83 bits per heavy atom. The number of rotatable bonds is 9. The number of para-hydroxylation sites is 3. The molecule has 1 aliphatic carbocycles. The van der Waals surface area contributed by atoms with Gasteiger partial charge in [-0.25, -0.2) is 9.37 Å². The van der Waals surface area contributed by atoms with Crippen LogP contribution in [0, 0.1) is 5.82 Å². The van der Waals surface area contributed by atoms with Crippen LogP contribution in [-0.2, 0) is 10.8 Å². The molecule has 5 nitrogen and oxygen atoms in total. The molecule has 10 aromatic carbocycles. The van der Waals surface area contributed by atoms with Gasteiger partial charge in [-0.15, -0.1) is 0 Å². The minimum Gasteiger partial charge on any atom is -0.457 e. The Labute approximate surface area is 448 Å². The van der Waals surface area contributed by atoms with Crippen LogP contribution < -0.4 is 14.5 Å². The summed E-state index contributed by atoms with van der Waals surface area (Å²) in [6.07, 6.45) is 1.89. The Kier molecular flexibility index (Phi) is 10.8. The third-order valence-corrected chi connectivity index (χ3v) is 15.8. The van der Waals surface area contributed by atoms with Gasteiger partial charge in [0.25, 0.3) is 0 Å². The molecule has 3 heterocycles. The molecule has 2 aliphatic rings. The fourth-order valence-electron chi connectivity index (χ4n) is 12.3. The first-order chi connectivity index (χ1) is 37.7. The zero-order chi connectivity index (χ0) is 51.8. The fraction of sp³-hybridized carbons (Fsp3) is 0.0845. The van der Waals surface area contributed by atoms with Crippen molar-refractivity contribution in [2.45, 2.75) is 31.6 Å². The summed E-state index contributed by atoms with van der Waals surface area (Å²) < 4.78 is 24.8. The zero-order valence-corrected chi connectivity index (χ0v) is 43.0. The maximum Gasteiger partial charge on any atom is 0.137 e. The summed E-state index contributed by atoms with van der Waals surface area (Å²) in [5.41, 5.74) is 17.8. The first kappa shape index (κ1) is 46.0. The van der Waals surface area contributed by atoms with Gasteiger partial charge in [0.05, 0.1) is 33.5 Å². The van der Waals surface area contributed by atoms with Crippen molar-refractivity contribution in [1.29, 1.82) is 0 Å². The summed E-state index contributed by atoms with van der Waals surface area (Å²) in [7, 11) is 0. The van der Waals surface area contributed by atoms with Gasteiger partial charge in [0.1, 0.15) is 29.8 Å². The minimum atomic E-state index is -0.802. The van der Waals surface area contributed by atoms with Gasteiger partial charge in [-0.05, 0) is 134 Å². The summed E-state index contributed by atoms with van der Waals surface area (Å²) >= 11 is 0. The summed E-state index contributed by atoms with van der Waals surface area (Å²) in [4.78, 5) is 10.00. The zero-order valence-electron chi connectivity index (χ0n) is 43.0. The van der Waals surface area contributed by atoms with Crippen molar-refractivity contribution in [3.05, 3.63) is 289 Å². The van der Waals surface area contributed by atoms with Crippen molar-refractivity contribution < 1.29 is 9.13 Å². The molecule has 0 saturated heterocycles. The van der Waals surface area contributed by atoms with Gasteiger partial charge >= 0.3 is 0 Å². The van der Waals surface area contributed by atoms with Crippen LogP contribution in [0.1, 0.15) is 48.6 Å². The molecule has 77 heavy (non-hydrogen) atoms. The van der Waals surface area contributed by atoms with Crippen molar-refractivity contribution >= 4 is 44.6 Å². The SMILES string of the molecule is CC(C)(C)c1cc(-c2ccccc2)c(N2CN(c3cccc(Oc4ccc5c6ccccc6n(-c6cc(C7(c8ccccc8)c8ccccc8-c8ccc(F)cc87)ccn6)c5c4)c3)c3ccccc32)c(-c2ccccc2)c1. The van der Waals surface area contributed by atoms with Crippen LogP contribution >= 0.6 is 0 Å². The molecule has 0 radical (unpaired) electrons. The topological polar surface area (TPSA) is 33.5 Å². The van der Waals surface area contributed by atoms with Gasteiger partial charge in [0, 0.05) is 45.9 Å². The van der Waals surface area contributed by atoms with Crippen molar-refractivity contribution in [3.8, 4) is 50.7 Å². The lowest BCUT2D eigenvalue weighted by molar-refractivity contribution is 0.483. The van der Waals surface area contributed by atoms with Crippen LogP contribution in [-0.4, -0.2) is 16.2 Å². The third-order valence-electron chi connectivity index (χ3n) is 15.8. The average Bonchev–Trinajstić information content (AvgIpc) is 4.27. The number of halogens is 1. The molecule has 1 atom stereocenters. The molecule has 0 amide bonds. The van der Waals surface area contributed by atoms with E-state index in [1.165, 1.54) is 33.5 Å². The molecule has 0 saturated carbocycles. The monoisotopic (exact) mass is 996 g/mol. The molecule has 0 bridgehead atoms. The first-order valence-corrected chi connectivity index (χ1v) is 26.4. The third kappa shape index (κ3) is 7.54. The second-order valence-corrected chi connectivity index (χ2v) is 21.3. The summed E-state index contributed by atoms with van der Waals surface area (Å²) in [5, 5.41) is 2.19. The van der Waals surface area contributed by atoms with E-state index in [1.54, 1.807) is 12.1 Å². The Morgan fingerprint density at radius 1 is 0.468 bits per heavy atom. The maximum atomic E-state index is 15.6. The quantitative estimate of drug-likeness (QED) is 0.144. The number of pyridine rings is 1. The molecule has 370 valence electrons. The summed E-state index contributed by atoms with van der Waals surface area (Å²) in [6.45, 7) is 7.47. The molecular formula is C71H53FN4O. The predicted octanol–water partition coefficient (Wildman–Crippen LogP) is 18.4. The molecule has 14 rings (SSSR count). The number of hydrogen-bond acceptors (Lipinski definition) is 4. The molecule has 1 aliphatic heterocycles. The van der Waals surface area contributed by atoms with Crippen LogP contribution in [0.3, 0.4) is 0 Å². The van der Waals surface area contributed by atoms with Gasteiger partial charge in [-0.3, -0.25) is 4.57 Å². The maximum absolute atomic E-state index is 15.6. The van der Waals surface area contributed by atoms with Crippen LogP contribution in [0.25, 0.3) is 61.0 Å². The van der Waals surface area contributed by atoms with Gasteiger partial charge in [-0.2, -0.15) is 0 Å². The van der Waals surface area contributed by atoms with Crippen molar-refractivity contribution in [2.75, 3.05) is 16.5 Å². The van der Waals surface area contributed by atoms with E-state index >= 15 is 4.39 Å². The Bertz CT molecular complexity index is 4180. The minimum absolute atomic E-state index is 0.0745. The molecule has 12 aromatic rings. The highest BCUT2D eigenvalue weighted by molar-refractivity contribution is 6.09. The number of nitrogens with zero attached hydrogens (tertiary/aromatic N) is 4. The lowest BCUT2D eigenvalue weighted by Gasteiger charge is -2.34. The highest BCUT2D eigenvalue weighted by Crippen LogP contribution is 2.57. The predicted molar refractivity (Wildman–Crippen MR) is 314 cm³/mol.